The van der Waals surface area contributed by atoms with E-state index in [1.54, 1.807) is 42.1 Å². The van der Waals surface area contributed by atoms with E-state index in [-0.39, 0.29) is 6.61 Å². The first-order chi connectivity index (χ1) is 11.5. The largest absolute Gasteiger partial charge is 0.472 e. The van der Waals surface area contributed by atoms with Crippen LogP contribution in [0, 0.1) is 0 Å². The predicted octanol–water partition coefficient (Wildman–Crippen LogP) is 3.44. The number of benzene rings is 1. The number of hydrogen-bond donors (Lipinski definition) is 0. The van der Waals surface area contributed by atoms with Gasteiger partial charge in [0.05, 0.1) is 19.9 Å². The van der Waals surface area contributed by atoms with Crippen molar-refractivity contribution in [2.45, 2.75) is 6.92 Å². The van der Waals surface area contributed by atoms with E-state index in [4.69, 9.17) is 21.2 Å². The second-order valence-electron chi connectivity index (χ2n) is 4.68. The highest BCUT2D eigenvalue weighted by molar-refractivity contribution is 6.30. The molecule has 0 saturated carbocycles. The molecule has 0 unspecified atom stereocenters. The van der Waals surface area contributed by atoms with Gasteiger partial charge in [-0.05, 0) is 37.3 Å². The Morgan fingerprint density at radius 3 is 2.62 bits per heavy atom. The third-order valence-electron chi connectivity index (χ3n) is 3.11. The smallest absolute Gasteiger partial charge is 0.438 e. The number of ether oxygens (including phenoxy) is 2. The first-order valence-corrected chi connectivity index (χ1v) is 7.46. The second kappa shape index (κ2) is 8.37. The van der Waals surface area contributed by atoms with Crippen LogP contribution in [0.5, 0.6) is 5.88 Å². The van der Waals surface area contributed by atoms with Crippen LogP contribution in [0.25, 0.3) is 5.69 Å². The molecule has 0 atom stereocenters. The van der Waals surface area contributed by atoms with Crippen molar-refractivity contribution in [3.05, 3.63) is 53.3 Å². The van der Waals surface area contributed by atoms with Crippen molar-refractivity contribution >= 4 is 17.7 Å². The van der Waals surface area contributed by atoms with Crippen LogP contribution < -0.4 is 4.74 Å². The van der Waals surface area contributed by atoms with E-state index in [0.29, 0.717) is 16.6 Å². The van der Waals surface area contributed by atoms with Crippen molar-refractivity contribution in [1.29, 1.82) is 0 Å². The zero-order valence-corrected chi connectivity index (χ0v) is 14.4. The summed E-state index contributed by atoms with van der Waals surface area (Å²) in [6, 6.07) is 9.03. The van der Waals surface area contributed by atoms with Gasteiger partial charge in [-0.15, -0.1) is 5.10 Å². The van der Waals surface area contributed by atoms with Gasteiger partial charge in [-0.25, -0.2) is 9.48 Å². The van der Waals surface area contributed by atoms with Gasteiger partial charge in [-0.2, -0.15) is 5.06 Å². The monoisotopic (exact) mass is 351 g/mol. The molecule has 7 nitrogen and oxygen atoms in total. The fourth-order valence-electron chi connectivity index (χ4n) is 1.90. The fourth-order valence-corrected chi connectivity index (χ4v) is 2.02. The standard InChI is InChI=1S/C16H18ClN3O4/c1-12(20(23-3)16(21)22-2)9-11-24-15-8-10-19(18-15)14-6-4-13(17)5-7-14/h4-10H,11H2,1-3H3/b12-9-. The van der Waals surface area contributed by atoms with Gasteiger partial charge in [0.25, 0.3) is 0 Å². The second-order valence-corrected chi connectivity index (χ2v) is 5.11. The molecule has 0 bridgehead atoms. The van der Waals surface area contributed by atoms with Gasteiger partial charge < -0.3 is 9.47 Å². The molecular weight excluding hydrogens is 334 g/mol. The van der Waals surface area contributed by atoms with Crippen LogP contribution in [0.1, 0.15) is 6.92 Å². The molecule has 8 heteroatoms. The first kappa shape index (κ1) is 17.8. The lowest BCUT2D eigenvalue weighted by molar-refractivity contribution is -0.0792. The average Bonchev–Trinajstić information content (AvgIpc) is 3.04. The maximum atomic E-state index is 11.5. The lowest BCUT2D eigenvalue weighted by Gasteiger charge is -2.18. The summed E-state index contributed by atoms with van der Waals surface area (Å²) in [5.41, 5.74) is 1.42. The molecule has 1 heterocycles. The normalized spacial score (nSPS) is 11.2. The van der Waals surface area contributed by atoms with Crippen LogP contribution in [0.3, 0.4) is 0 Å². The number of allylic oxidation sites excluding steroid dienone is 1. The van der Waals surface area contributed by atoms with Crippen molar-refractivity contribution in [2.24, 2.45) is 0 Å². The number of halogens is 1. The fraction of sp³-hybridized carbons (Fsp3) is 0.250. The van der Waals surface area contributed by atoms with E-state index in [0.717, 1.165) is 10.8 Å². The van der Waals surface area contributed by atoms with E-state index in [9.17, 15) is 4.79 Å². The lowest BCUT2D eigenvalue weighted by atomic mass is 10.3. The highest BCUT2D eigenvalue weighted by atomic mass is 35.5. The van der Waals surface area contributed by atoms with Crippen molar-refractivity contribution in [1.82, 2.24) is 14.8 Å². The number of nitrogens with zero attached hydrogens (tertiary/aromatic N) is 3. The number of aromatic nitrogens is 2. The molecule has 1 amide bonds. The van der Waals surface area contributed by atoms with Gasteiger partial charge >= 0.3 is 6.09 Å². The van der Waals surface area contributed by atoms with Gasteiger partial charge in [0, 0.05) is 23.0 Å². The molecule has 1 aromatic heterocycles. The summed E-state index contributed by atoms with van der Waals surface area (Å²) in [5.74, 6) is 0.455. The molecule has 2 rings (SSSR count). The lowest BCUT2D eigenvalue weighted by Crippen LogP contribution is -2.28. The van der Waals surface area contributed by atoms with Gasteiger partial charge in [0.1, 0.15) is 6.61 Å². The van der Waals surface area contributed by atoms with Crippen LogP contribution in [0.4, 0.5) is 4.79 Å². The highest BCUT2D eigenvalue weighted by Crippen LogP contribution is 2.15. The average molecular weight is 352 g/mol. The molecule has 0 fully saturated rings. The molecule has 1 aromatic carbocycles. The van der Waals surface area contributed by atoms with Crippen LogP contribution in [-0.4, -0.2) is 41.8 Å². The molecule has 0 N–H and O–H groups in total. The van der Waals surface area contributed by atoms with E-state index in [2.05, 4.69) is 9.84 Å². The van der Waals surface area contributed by atoms with Gasteiger partial charge in [-0.3, -0.25) is 4.84 Å². The third kappa shape index (κ3) is 4.50. The Balaban J connectivity index is 1.96. The molecule has 0 aliphatic carbocycles. The summed E-state index contributed by atoms with van der Waals surface area (Å²) < 4.78 is 11.8. The molecule has 2 aromatic rings. The van der Waals surface area contributed by atoms with Crippen LogP contribution in [-0.2, 0) is 9.57 Å². The molecule has 0 radical (unpaired) electrons. The minimum atomic E-state index is -0.613. The van der Waals surface area contributed by atoms with E-state index in [1.165, 1.54) is 14.2 Å². The number of hydroxylamine groups is 2. The van der Waals surface area contributed by atoms with Crippen molar-refractivity contribution < 1.29 is 19.1 Å². The maximum absolute atomic E-state index is 11.5. The molecule has 0 aliphatic heterocycles. The summed E-state index contributed by atoms with van der Waals surface area (Å²) >= 11 is 5.86. The van der Waals surface area contributed by atoms with E-state index < -0.39 is 6.09 Å². The highest BCUT2D eigenvalue weighted by Gasteiger charge is 2.14. The zero-order valence-electron chi connectivity index (χ0n) is 13.6. The van der Waals surface area contributed by atoms with Crippen LogP contribution in [0.2, 0.25) is 5.02 Å². The number of hydrogen-bond acceptors (Lipinski definition) is 5. The number of methoxy groups -OCH3 is 1. The number of rotatable bonds is 6. The van der Waals surface area contributed by atoms with Crippen LogP contribution >= 0.6 is 11.6 Å². The Morgan fingerprint density at radius 1 is 1.29 bits per heavy atom. The summed E-state index contributed by atoms with van der Waals surface area (Å²) in [7, 11) is 2.66. The Labute approximate surface area is 144 Å². The SMILES string of the molecule is COC(=O)N(OC)/C(C)=C\COc1ccn(-c2ccc(Cl)cc2)n1. The molecule has 24 heavy (non-hydrogen) atoms. The van der Waals surface area contributed by atoms with Gasteiger partial charge in [0.15, 0.2) is 0 Å². The van der Waals surface area contributed by atoms with E-state index in [1.807, 2.05) is 12.1 Å². The summed E-state index contributed by atoms with van der Waals surface area (Å²) in [5, 5.41) is 6.00. The molecule has 128 valence electrons. The van der Waals surface area contributed by atoms with Gasteiger partial charge in [0.2, 0.25) is 5.88 Å². The Morgan fingerprint density at radius 2 is 2.00 bits per heavy atom. The summed E-state index contributed by atoms with van der Waals surface area (Å²) in [4.78, 5) is 16.4. The molecular formula is C16H18ClN3O4. The number of carbonyl (C=O) groups excluding carboxylic acids is 1. The zero-order chi connectivity index (χ0) is 17.5. The van der Waals surface area contributed by atoms with Gasteiger partial charge in [-0.1, -0.05) is 11.6 Å². The van der Waals surface area contributed by atoms with Crippen LogP contribution in [0.15, 0.2) is 48.3 Å². The quantitative estimate of drug-likeness (QED) is 0.746. The Kier molecular flexibility index (Phi) is 6.22. The molecule has 0 aliphatic rings. The predicted molar refractivity (Wildman–Crippen MR) is 89.1 cm³/mol. The summed E-state index contributed by atoms with van der Waals surface area (Å²) in [6.45, 7) is 1.93. The van der Waals surface area contributed by atoms with Crippen molar-refractivity contribution in [2.75, 3.05) is 20.8 Å². The van der Waals surface area contributed by atoms with Crippen molar-refractivity contribution in [3.8, 4) is 11.6 Å². The summed E-state index contributed by atoms with van der Waals surface area (Å²) in [6.07, 6.45) is 2.85. The number of carbonyl (C=O) groups is 1. The van der Waals surface area contributed by atoms with E-state index >= 15 is 0 Å². The third-order valence-corrected chi connectivity index (χ3v) is 3.36. The maximum Gasteiger partial charge on any atom is 0.438 e. The molecule has 0 saturated heterocycles. The minimum absolute atomic E-state index is 0.223. The molecule has 0 spiro atoms. The topological polar surface area (TPSA) is 65.8 Å². The Bertz CT molecular complexity index is 712. The minimum Gasteiger partial charge on any atom is -0.472 e. The first-order valence-electron chi connectivity index (χ1n) is 7.08. The number of amides is 1. The van der Waals surface area contributed by atoms with Crippen molar-refractivity contribution in [3.63, 3.8) is 0 Å². The Hall–Kier alpha value is -2.51.